The summed E-state index contributed by atoms with van der Waals surface area (Å²) in [7, 11) is 0. The Morgan fingerprint density at radius 3 is 2.74 bits per heavy atom. The zero-order chi connectivity index (χ0) is 15.5. The minimum absolute atomic E-state index is 0.594. The van der Waals surface area contributed by atoms with Crippen LogP contribution in [0.4, 0.5) is 0 Å². The summed E-state index contributed by atoms with van der Waals surface area (Å²) >= 11 is 0. The smallest absolute Gasteiger partial charge is 0.226 e. The van der Waals surface area contributed by atoms with Crippen LogP contribution in [0.2, 0.25) is 0 Å². The number of nitrogens with zero attached hydrogens (tertiary/aromatic N) is 4. The van der Waals surface area contributed by atoms with Crippen molar-refractivity contribution in [1.29, 1.82) is 0 Å². The first-order valence-corrected chi connectivity index (χ1v) is 7.31. The molecule has 0 aliphatic carbocycles. The molecule has 23 heavy (non-hydrogen) atoms. The van der Waals surface area contributed by atoms with Crippen molar-refractivity contribution in [3.05, 3.63) is 79.1 Å². The summed E-state index contributed by atoms with van der Waals surface area (Å²) in [6, 6.07) is 13.8. The van der Waals surface area contributed by atoms with Crippen LogP contribution in [0.25, 0.3) is 23.0 Å². The summed E-state index contributed by atoms with van der Waals surface area (Å²) in [6.45, 7) is 0.691. The molecule has 0 radical (unpaired) electrons. The predicted octanol–water partition coefficient (Wildman–Crippen LogP) is 3.65. The number of hydrogen-bond donors (Lipinski definition) is 0. The van der Waals surface area contributed by atoms with Crippen molar-refractivity contribution in [2.75, 3.05) is 0 Å². The highest BCUT2D eigenvalue weighted by molar-refractivity contribution is 5.58. The molecule has 0 spiro atoms. The SMILES string of the molecule is c1ccc(-c2nc(-c3nccn3Cc3cccnc3)co2)cc1. The minimum Gasteiger partial charge on any atom is -0.444 e. The number of oxazole rings is 1. The Morgan fingerprint density at radius 2 is 1.91 bits per heavy atom. The number of benzene rings is 1. The summed E-state index contributed by atoms with van der Waals surface area (Å²) in [6.07, 6.45) is 8.95. The van der Waals surface area contributed by atoms with Gasteiger partial charge in [-0.05, 0) is 23.8 Å². The summed E-state index contributed by atoms with van der Waals surface area (Å²) in [4.78, 5) is 13.1. The fourth-order valence-corrected chi connectivity index (χ4v) is 2.45. The molecule has 0 aliphatic rings. The van der Waals surface area contributed by atoms with Gasteiger partial charge in [-0.3, -0.25) is 4.98 Å². The van der Waals surface area contributed by atoms with Crippen molar-refractivity contribution in [1.82, 2.24) is 19.5 Å². The average Bonchev–Trinajstić information content (AvgIpc) is 3.25. The minimum atomic E-state index is 0.594. The van der Waals surface area contributed by atoms with Gasteiger partial charge in [0.05, 0.1) is 6.54 Å². The third-order valence-corrected chi connectivity index (χ3v) is 3.55. The van der Waals surface area contributed by atoms with Gasteiger partial charge in [-0.25, -0.2) is 9.97 Å². The molecule has 0 amide bonds. The Morgan fingerprint density at radius 1 is 1.00 bits per heavy atom. The van der Waals surface area contributed by atoms with Crippen LogP contribution in [0, 0.1) is 0 Å². The molecule has 1 aromatic carbocycles. The van der Waals surface area contributed by atoms with Crippen molar-refractivity contribution in [2.45, 2.75) is 6.54 Å². The number of hydrogen-bond acceptors (Lipinski definition) is 4. The van der Waals surface area contributed by atoms with E-state index in [0.29, 0.717) is 12.4 Å². The molecule has 4 aromatic rings. The average molecular weight is 302 g/mol. The lowest BCUT2D eigenvalue weighted by Crippen LogP contribution is -2.01. The van der Waals surface area contributed by atoms with E-state index < -0.39 is 0 Å². The third-order valence-electron chi connectivity index (χ3n) is 3.55. The van der Waals surface area contributed by atoms with Crippen LogP contribution >= 0.6 is 0 Å². The number of aromatic nitrogens is 4. The first kappa shape index (κ1) is 13.5. The zero-order valence-electron chi connectivity index (χ0n) is 12.3. The fraction of sp³-hybridized carbons (Fsp3) is 0.0556. The standard InChI is InChI=1S/C18H14N4O/c1-2-6-15(7-3-1)18-21-16(13-23-18)17-20-9-10-22(17)12-14-5-4-8-19-11-14/h1-11,13H,12H2. The summed E-state index contributed by atoms with van der Waals surface area (Å²) < 4.78 is 7.63. The first-order valence-electron chi connectivity index (χ1n) is 7.31. The van der Waals surface area contributed by atoms with Gasteiger partial charge in [-0.1, -0.05) is 24.3 Å². The number of imidazole rings is 1. The van der Waals surface area contributed by atoms with Gasteiger partial charge in [0.15, 0.2) is 5.82 Å². The summed E-state index contributed by atoms with van der Waals surface area (Å²) in [5, 5.41) is 0. The quantitative estimate of drug-likeness (QED) is 0.577. The monoisotopic (exact) mass is 302 g/mol. The van der Waals surface area contributed by atoms with Gasteiger partial charge >= 0.3 is 0 Å². The highest BCUT2D eigenvalue weighted by Gasteiger charge is 2.13. The summed E-state index contributed by atoms with van der Waals surface area (Å²) in [5.74, 6) is 1.37. The fourth-order valence-electron chi connectivity index (χ4n) is 2.45. The highest BCUT2D eigenvalue weighted by Crippen LogP contribution is 2.23. The van der Waals surface area contributed by atoms with Gasteiger partial charge < -0.3 is 8.98 Å². The van der Waals surface area contributed by atoms with E-state index in [-0.39, 0.29) is 0 Å². The van der Waals surface area contributed by atoms with Crippen molar-refractivity contribution < 1.29 is 4.42 Å². The van der Waals surface area contributed by atoms with Crippen molar-refractivity contribution in [2.24, 2.45) is 0 Å². The molecule has 112 valence electrons. The lowest BCUT2D eigenvalue weighted by Gasteiger charge is -2.05. The molecule has 5 nitrogen and oxygen atoms in total. The van der Waals surface area contributed by atoms with Crippen molar-refractivity contribution in [3.8, 4) is 23.0 Å². The second-order valence-electron chi connectivity index (χ2n) is 5.14. The molecular formula is C18H14N4O. The highest BCUT2D eigenvalue weighted by atomic mass is 16.3. The van der Waals surface area contributed by atoms with Crippen molar-refractivity contribution >= 4 is 0 Å². The van der Waals surface area contributed by atoms with Crippen LogP contribution < -0.4 is 0 Å². The molecule has 0 fully saturated rings. The van der Waals surface area contributed by atoms with E-state index in [4.69, 9.17) is 4.42 Å². The van der Waals surface area contributed by atoms with Crippen LogP contribution in [0.1, 0.15) is 5.56 Å². The molecule has 0 bridgehead atoms. The van der Waals surface area contributed by atoms with Crippen LogP contribution in [-0.4, -0.2) is 19.5 Å². The van der Waals surface area contributed by atoms with Gasteiger partial charge in [-0.2, -0.15) is 0 Å². The van der Waals surface area contributed by atoms with Gasteiger partial charge in [0.25, 0.3) is 0 Å². The molecule has 0 saturated heterocycles. The largest absolute Gasteiger partial charge is 0.444 e. The Labute approximate surface area is 133 Å². The summed E-state index contributed by atoms with van der Waals surface area (Å²) in [5.41, 5.74) is 2.78. The van der Waals surface area contributed by atoms with Gasteiger partial charge in [0.2, 0.25) is 5.89 Å². The van der Waals surface area contributed by atoms with E-state index in [1.807, 2.05) is 59.4 Å². The van der Waals surface area contributed by atoms with Gasteiger partial charge in [0.1, 0.15) is 12.0 Å². The Balaban J connectivity index is 1.65. The Kier molecular flexibility index (Phi) is 3.44. The maximum Gasteiger partial charge on any atom is 0.226 e. The van der Waals surface area contributed by atoms with Crippen LogP contribution in [0.5, 0.6) is 0 Å². The molecular weight excluding hydrogens is 288 g/mol. The van der Waals surface area contributed by atoms with Crippen LogP contribution in [0.3, 0.4) is 0 Å². The second kappa shape index (κ2) is 5.88. The molecule has 0 atom stereocenters. The van der Waals surface area contributed by atoms with Crippen molar-refractivity contribution in [3.63, 3.8) is 0 Å². The van der Waals surface area contributed by atoms with E-state index >= 15 is 0 Å². The lowest BCUT2D eigenvalue weighted by molar-refractivity contribution is 0.574. The topological polar surface area (TPSA) is 56.7 Å². The molecule has 0 N–H and O–H groups in total. The molecule has 4 rings (SSSR count). The first-order chi connectivity index (χ1) is 11.4. The molecule has 5 heteroatoms. The number of rotatable bonds is 4. The maximum absolute atomic E-state index is 5.60. The third kappa shape index (κ3) is 2.76. The lowest BCUT2D eigenvalue weighted by atomic mass is 10.2. The van der Waals surface area contributed by atoms with Crippen LogP contribution in [-0.2, 0) is 6.54 Å². The molecule has 0 unspecified atom stereocenters. The van der Waals surface area contributed by atoms with E-state index in [1.54, 1.807) is 18.7 Å². The van der Waals surface area contributed by atoms with Crippen LogP contribution in [0.15, 0.2) is 77.9 Å². The molecule has 0 aliphatic heterocycles. The molecule has 0 saturated carbocycles. The van der Waals surface area contributed by atoms with E-state index in [1.165, 1.54) is 0 Å². The Bertz CT molecular complexity index is 897. The van der Waals surface area contributed by atoms with E-state index in [2.05, 4.69) is 15.0 Å². The zero-order valence-corrected chi connectivity index (χ0v) is 12.3. The van der Waals surface area contributed by atoms with E-state index in [9.17, 15) is 0 Å². The molecule has 3 heterocycles. The van der Waals surface area contributed by atoms with E-state index in [0.717, 1.165) is 22.6 Å². The van der Waals surface area contributed by atoms with Gasteiger partial charge in [0, 0.05) is 30.4 Å². The number of pyridine rings is 1. The van der Waals surface area contributed by atoms with Gasteiger partial charge in [-0.15, -0.1) is 0 Å². The molecule has 3 aromatic heterocycles. The Hall–Kier alpha value is -3.21. The predicted molar refractivity (Wildman–Crippen MR) is 86.5 cm³/mol. The maximum atomic E-state index is 5.60. The normalized spacial score (nSPS) is 10.8. The second-order valence-corrected chi connectivity index (χ2v) is 5.14.